The van der Waals surface area contributed by atoms with Crippen LogP contribution in [0.15, 0.2) is 53.2 Å². The number of rotatable bonds is 4. The fraction of sp³-hybridized carbons (Fsp3) is 0.167. The molecule has 0 aliphatic rings. The topological polar surface area (TPSA) is 56.7 Å². The minimum Gasteiger partial charge on any atom is -0.421 e. The molecule has 120 valence electrons. The minimum atomic E-state index is -0.233. The lowest BCUT2D eigenvalue weighted by Gasteiger charge is -1.99. The summed E-state index contributed by atoms with van der Waals surface area (Å²) in [4.78, 5) is 4.29. The molecule has 0 saturated carbocycles. The molecular weight excluding hydrogens is 307 g/mol. The monoisotopic (exact) mass is 322 g/mol. The van der Waals surface area contributed by atoms with Gasteiger partial charge in [-0.1, -0.05) is 12.1 Å². The zero-order valence-electron chi connectivity index (χ0n) is 13.1. The van der Waals surface area contributed by atoms with E-state index in [9.17, 15) is 4.39 Å². The molecule has 6 heteroatoms. The lowest BCUT2D eigenvalue weighted by molar-refractivity contribution is 0.504. The molecular formula is C18H15FN4O. The van der Waals surface area contributed by atoms with E-state index in [4.69, 9.17) is 4.42 Å². The lowest BCUT2D eigenvalue weighted by atomic mass is 10.1. The highest BCUT2D eigenvalue weighted by Gasteiger charge is 2.11. The fourth-order valence-electron chi connectivity index (χ4n) is 2.67. The number of aromatic nitrogens is 4. The summed E-state index contributed by atoms with van der Waals surface area (Å²) in [6, 6.07) is 12.4. The third-order valence-corrected chi connectivity index (χ3v) is 3.96. The van der Waals surface area contributed by atoms with Crippen molar-refractivity contribution in [3.8, 4) is 11.5 Å². The Bertz CT molecular complexity index is 1010. The molecule has 24 heavy (non-hydrogen) atoms. The van der Waals surface area contributed by atoms with Crippen LogP contribution in [0, 0.1) is 5.82 Å². The molecule has 4 rings (SSSR count). The van der Waals surface area contributed by atoms with Gasteiger partial charge in [-0.05, 0) is 42.3 Å². The summed E-state index contributed by atoms with van der Waals surface area (Å²) in [6.45, 7) is 0. The number of benzene rings is 2. The Morgan fingerprint density at radius 3 is 2.88 bits per heavy atom. The van der Waals surface area contributed by atoms with Crippen molar-refractivity contribution < 1.29 is 8.81 Å². The van der Waals surface area contributed by atoms with Gasteiger partial charge in [0, 0.05) is 19.0 Å². The van der Waals surface area contributed by atoms with E-state index in [1.807, 2.05) is 35.9 Å². The molecule has 0 saturated heterocycles. The van der Waals surface area contributed by atoms with Crippen LogP contribution < -0.4 is 0 Å². The Morgan fingerprint density at radius 2 is 2.00 bits per heavy atom. The van der Waals surface area contributed by atoms with E-state index >= 15 is 0 Å². The predicted octanol–water partition coefficient (Wildman–Crippen LogP) is 3.55. The molecule has 0 bridgehead atoms. The molecule has 0 atom stereocenters. The fourth-order valence-corrected chi connectivity index (χ4v) is 2.67. The minimum absolute atomic E-state index is 0.233. The van der Waals surface area contributed by atoms with Crippen LogP contribution in [-0.2, 0) is 19.9 Å². The van der Waals surface area contributed by atoms with Crippen LogP contribution >= 0.6 is 0 Å². The summed E-state index contributed by atoms with van der Waals surface area (Å²) in [5.41, 5.74) is 3.70. The summed E-state index contributed by atoms with van der Waals surface area (Å²) in [5.74, 6) is 0.787. The molecule has 4 aromatic rings. The average molecular weight is 322 g/mol. The second-order valence-corrected chi connectivity index (χ2v) is 5.69. The highest BCUT2D eigenvalue weighted by atomic mass is 19.1. The molecule has 0 amide bonds. The third kappa shape index (κ3) is 2.78. The van der Waals surface area contributed by atoms with E-state index in [0.29, 0.717) is 24.6 Å². The molecule has 2 aromatic carbocycles. The van der Waals surface area contributed by atoms with Gasteiger partial charge in [-0.3, -0.25) is 0 Å². The number of halogens is 1. The Balaban J connectivity index is 1.54. The summed E-state index contributed by atoms with van der Waals surface area (Å²) < 4.78 is 20.9. The van der Waals surface area contributed by atoms with E-state index in [-0.39, 0.29) is 5.82 Å². The van der Waals surface area contributed by atoms with E-state index in [1.165, 1.54) is 12.1 Å². The summed E-state index contributed by atoms with van der Waals surface area (Å²) in [5, 5.41) is 8.20. The highest BCUT2D eigenvalue weighted by Crippen LogP contribution is 2.23. The van der Waals surface area contributed by atoms with Crippen molar-refractivity contribution in [2.75, 3.05) is 0 Å². The number of fused-ring (bicyclic) bond motifs is 1. The van der Waals surface area contributed by atoms with Gasteiger partial charge < -0.3 is 8.98 Å². The predicted molar refractivity (Wildman–Crippen MR) is 87.8 cm³/mol. The first-order chi connectivity index (χ1) is 11.7. The maximum atomic E-state index is 13.2. The molecule has 0 fully saturated rings. The number of nitrogens with zero attached hydrogens (tertiary/aromatic N) is 4. The van der Waals surface area contributed by atoms with Gasteiger partial charge in [0.25, 0.3) is 0 Å². The van der Waals surface area contributed by atoms with Gasteiger partial charge in [-0.2, -0.15) is 0 Å². The molecule has 5 nitrogen and oxygen atoms in total. The van der Waals surface area contributed by atoms with Crippen molar-refractivity contribution in [2.24, 2.45) is 7.05 Å². The molecule has 0 unspecified atom stereocenters. The van der Waals surface area contributed by atoms with Crippen molar-refractivity contribution in [1.82, 2.24) is 19.7 Å². The van der Waals surface area contributed by atoms with Gasteiger partial charge in [0.1, 0.15) is 5.82 Å². The van der Waals surface area contributed by atoms with Crippen molar-refractivity contribution in [3.63, 3.8) is 0 Å². The quantitative estimate of drug-likeness (QED) is 0.576. The zero-order chi connectivity index (χ0) is 16.5. The van der Waals surface area contributed by atoms with E-state index in [0.717, 1.165) is 22.2 Å². The van der Waals surface area contributed by atoms with Crippen LogP contribution in [0.25, 0.3) is 22.5 Å². The van der Waals surface area contributed by atoms with Gasteiger partial charge >= 0.3 is 0 Å². The van der Waals surface area contributed by atoms with Crippen LogP contribution in [0.5, 0.6) is 0 Å². The standard InChI is InChI=1S/C18H15FN4O/c1-23-11-20-15-7-6-13(10-16(15)23)18-22-21-17(24-18)8-5-12-3-2-4-14(19)9-12/h2-4,6-7,9-11H,5,8H2,1H3. The third-order valence-electron chi connectivity index (χ3n) is 3.96. The largest absolute Gasteiger partial charge is 0.421 e. The molecule has 0 spiro atoms. The molecule has 0 aliphatic heterocycles. The van der Waals surface area contributed by atoms with Crippen molar-refractivity contribution in [1.29, 1.82) is 0 Å². The normalized spacial score (nSPS) is 11.2. The van der Waals surface area contributed by atoms with Gasteiger partial charge in [0.2, 0.25) is 11.8 Å². The van der Waals surface area contributed by atoms with E-state index in [1.54, 1.807) is 12.4 Å². The smallest absolute Gasteiger partial charge is 0.247 e. The summed E-state index contributed by atoms with van der Waals surface area (Å²) in [7, 11) is 1.94. The molecule has 0 aliphatic carbocycles. The second-order valence-electron chi connectivity index (χ2n) is 5.69. The summed E-state index contributed by atoms with van der Waals surface area (Å²) in [6.07, 6.45) is 3.00. The van der Waals surface area contributed by atoms with Gasteiger partial charge in [0.15, 0.2) is 0 Å². The average Bonchev–Trinajstić information content (AvgIpc) is 3.20. The molecule has 0 N–H and O–H groups in total. The van der Waals surface area contributed by atoms with E-state index in [2.05, 4.69) is 15.2 Å². The number of hydrogen-bond donors (Lipinski definition) is 0. The number of aryl methyl sites for hydroxylation is 3. The zero-order valence-corrected chi connectivity index (χ0v) is 13.1. The van der Waals surface area contributed by atoms with Crippen LogP contribution in [0.3, 0.4) is 0 Å². The first-order valence-electron chi connectivity index (χ1n) is 7.67. The Hall–Kier alpha value is -3.02. The van der Waals surface area contributed by atoms with Crippen LogP contribution in [0.2, 0.25) is 0 Å². The van der Waals surface area contributed by atoms with Crippen LogP contribution in [0.4, 0.5) is 4.39 Å². The van der Waals surface area contributed by atoms with Crippen molar-refractivity contribution in [3.05, 3.63) is 66.1 Å². The number of imidazole rings is 1. The molecule has 2 aromatic heterocycles. The second kappa shape index (κ2) is 5.88. The van der Waals surface area contributed by atoms with Crippen molar-refractivity contribution in [2.45, 2.75) is 12.8 Å². The van der Waals surface area contributed by atoms with E-state index < -0.39 is 0 Å². The SMILES string of the molecule is Cn1cnc2ccc(-c3nnc(CCc4cccc(F)c4)o3)cc21. The Morgan fingerprint density at radius 1 is 1.08 bits per heavy atom. The van der Waals surface area contributed by atoms with Gasteiger partial charge in [-0.15, -0.1) is 10.2 Å². The summed E-state index contributed by atoms with van der Waals surface area (Å²) >= 11 is 0. The van der Waals surface area contributed by atoms with Gasteiger partial charge in [0.05, 0.1) is 17.4 Å². The first-order valence-corrected chi connectivity index (χ1v) is 7.67. The maximum Gasteiger partial charge on any atom is 0.247 e. The molecule has 0 radical (unpaired) electrons. The Kier molecular flexibility index (Phi) is 3.57. The van der Waals surface area contributed by atoms with Crippen molar-refractivity contribution >= 4 is 11.0 Å². The maximum absolute atomic E-state index is 13.2. The van der Waals surface area contributed by atoms with Crippen LogP contribution in [-0.4, -0.2) is 19.7 Å². The Labute approximate surface area is 137 Å². The lowest BCUT2D eigenvalue weighted by Crippen LogP contribution is -1.92. The number of hydrogen-bond acceptors (Lipinski definition) is 4. The first kappa shape index (κ1) is 14.6. The highest BCUT2D eigenvalue weighted by molar-refractivity contribution is 5.80. The van der Waals surface area contributed by atoms with Crippen LogP contribution in [0.1, 0.15) is 11.5 Å². The van der Waals surface area contributed by atoms with Gasteiger partial charge in [-0.25, -0.2) is 9.37 Å². The molecule has 2 heterocycles.